The Balaban J connectivity index is 4.25. The van der Waals surface area contributed by atoms with Crippen molar-refractivity contribution in [2.24, 2.45) is 0 Å². The maximum absolute atomic E-state index is 13.0. The molecule has 1 amide bonds. The number of likely N-dealkylation sites (N-methyl/N-ethyl adjacent to an activating group) is 1. The second-order valence-corrected chi connectivity index (χ2v) is 22.8. The van der Waals surface area contributed by atoms with Gasteiger partial charge in [0, 0.05) is 6.42 Å². The fourth-order valence-electron chi connectivity index (χ4n) is 8.70. The third-order valence-corrected chi connectivity index (χ3v) is 14.3. The summed E-state index contributed by atoms with van der Waals surface area (Å²) in [4.78, 5) is 23.3. The molecule has 0 fully saturated rings. The number of nitrogens with zero attached hydrogens (tertiary/aromatic N) is 1. The molecular weight excluding hydrogens is 864 g/mol. The number of phosphoric ester groups is 1. The number of carbonyl (C=O) groups is 1. The summed E-state index contributed by atoms with van der Waals surface area (Å²) in [6.45, 7) is 4.83. The van der Waals surface area contributed by atoms with Crippen LogP contribution in [0.4, 0.5) is 0 Å². The smallest absolute Gasteiger partial charge is 0.387 e. The summed E-state index contributed by atoms with van der Waals surface area (Å²) in [7, 11) is 1.56. The monoisotopic (exact) mass is 980 g/mol. The van der Waals surface area contributed by atoms with Gasteiger partial charge in [0.05, 0.1) is 39.9 Å². The molecule has 9 heteroatoms. The second kappa shape index (κ2) is 50.7. The summed E-state index contributed by atoms with van der Waals surface area (Å²) in [5, 5.41) is 13.9. The van der Waals surface area contributed by atoms with Gasteiger partial charge in [-0.15, -0.1) is 0 Å². The van der Waals surface area contributed by atoms with Crippen molar-refractivity contribution in [1.82, 2.24) is 5.32 Å². The Labute approximate surface area is 423 Å². The first-order valence-corrected chi connectivity index (χ1v) is 30.9. The summed E-state index contributed by atoms with van der Waals surface area (Å²) in [6.07, 6.45) is 65.4. The Hall–Kier alpha value is -1.28. The Morgan fingerprint density at radius 3 is 1.18 bits per heavy atom. The highest BCUT2D eigenvalue weighted by atomic mass is 31.2. The molecule has 0 radical (unpaired) electrons. The van der Waals surface area contributed by atoms with Gasteiger partial charge in [0.1, 0.15) is 13.2 Å². The molecule has 0 aliphatic rings. The van der Waals surface area contributed by atoms with Crippen molar-refractivity contribution in [3.8, 4) is 0 Å². The van der Waals surface area contributed by atoms with E-state index < -0.39 is 20.0 Å². The van der Waals surface area contributed by atoms with Gasteiger partial charge >= 0.3 is 7.82 Å². The van der Waals surface area contributed by atoms with Gasteiger partial charge in [-0.25, -0.2) is 4.57 Å². The first-order chi connectivity index (χ1) is 33.0. The molecule has 0 heterocycles. The van der Waals surface area contributed by atoms with Crippen molar-refractivity contribution in [2.45, 2.75) is 296 Å². The fraction of sp³-hybridized carbons (Fsp3) is 0.881. The number of aliphatic hydroxyl groups excluding tert-OH is 1. The van der Waals surface area contributed by atoms with Crippen LogP contribution in [0.1, 0.15) is 284 Å². The minimum atomic E-state index is -4.36. The number of quaternary nitrogens is 1. The normalized spacial score (nSPS) is 14.2. The molecule has 0 spiro atoms. The molecule has 68 heavy (non-hydrogen) atoms. The number of aliphatic hydroxyl groups is 1. The number of amides is 1. The highest BCUT2D eigenvalue weighted by molar-refractivity contribution is 7.47. The Kier molecular flexibility index (Phi) is 49.7. The van der Waals surface area contributed by atoms with Crippen LogP contribution in [0, 0.1) is 0 Å². The maximum atomic E-state index is 13.0. The molecule has 3 N–H and O–H groups in total. The molecule has 0 bridgehead atoms. The third kappa shape index (κ3) is 52.5. The quantitative estimate of drug-likeness (QED) is 0.0243. The maximum Gasteiger partial charge on any atom is 0.472 e. The van der Waals surface area contributed by atoms with Crippen molar-refractivity contribution in [3.05, 3.63) is 36.5 Å². The molecule has 0 aromatic carbocycles. The lowest BCUT2D eigenvalue weighted by Crippen LogP contribution is -2.45. The highest BCUT2D eigenvalue weighted by Gasteiger charge is 2.27. The average molecular weight is 981 g/mol. The summed E-state index contributed by atoms with van der Waals surface area (Å²) in [6, 6.07) is -0.866. The van der Waals surface area contributed by atoms with E-state index in [4.69, 9.17) is 9.05 Å². The Morgan fingerprint density at radius 2 is 0.809 bits per heavy atom. The van der Waals surface area contributed by atoms with Crippen molar-refractivity contribution >= 4 is 13.7 Å². The van der Waals surface area contributed by atoms with Gasteiger partial charge in [-0.1, -0.05) is 256 Å². The number of nitrogens with one attached hydrogen (secondary N) is 1. The molecule has 0 aromatic heterocycles. The van der Waals surface area contributed by atoms with E-state index in [1.807, 2.05) is 27.2 Å². The number of hydrogen-bond donors (Lipinski definition) is 3. The zero-order valence-electron chi connectivity index (χ0n) is 45.9. The topological polar surface area (TPSA) is 105 Å². The van der Waals surface area contributed by atoms with E-state index in [9.17, 15) is 19.4 Å². The van der Waals surface area contributed by atoms with Crippen molar-refractivity contribution < 1.29 is 32.9 Å². The standard InChI is InChI=1S/C59H115N2O6P/c1-6-8-10-12-14-16-18-20-22-24-26-28-29-30-31-33-34-36-38-40-42-44-46-48-50-52-58(62)57(56-67-68(64,65)66-55-54-61(3,4)5)60-59(63)53-51-49-47-45-43-41-39-37-35-32-27-25-23-21-19-17-15-13-11-9-7-2/h32,35,42,44,50,52,57-58,62H,6-31,33-34,36-41,43,45-49,51,53-56H2,1-5H3,(H-,60,63,64,65)/p+1/b35-32-,44-42+,52-50+. The molecule has 3 unspecified atom stereocenters. The lowest BCUT2D eigenvalue weighted by molar-refractivity contribution is -0.870. The van der Waals surface area contributed by atoms with Crippen LogP contribution in [-0.4, -0.2) is 73.4 Å². The minimum Gasteiger partial charge on any atom is -0.387 e. The molecule has 8 nitrogen and oxygen atoms in total. The molecule has 0 aliphatic heterocycles. The molecule has 0 saturated heterocycles. The van der Waals surface area contributed by atoms with Gasteiger partial charge in [0.25, 0.3) is 0 Å². The van der Waals surface area contributed by atoms with E-state index in [0.29, 0.717) is 17.4 Å². The molecule has 0 rings (SSSR count). The van der Waals surface area contributed by atoms with E-state index in [1.165, 1.54) is 225 Å². The minimum absolute atomic E-state index is 0.0559. The van der Waals surface area contributed by atoms with Crippen LogP contribution in [-0.2, 0) is 18.4 Å². The predicted molar refractivity (Wildman–Crippen MR) is 295 cm³/mol. The molecule has 3 atom stereocenters. The second-order valence-electron chi connectivity index (χ2n) is 21.4. The number of phosphoric acid groups is 1. The summed E-state index contributed by atoms with van der Waals surface area (Å²) in [5.74, 6) is -0.188. The van der Waals surface area contributed by atoms with Crippen LogP contribution < -0.4 is 5.32 Å². The first kappa shape index (κ1) is 66.7. The van der Waals surface area contributed by atoms with Crippen molar-refractivity contribution in [3.63, 3.8) is 0 Å². The van der Waals surface area contributed by atoms with E-state index in [0.717, 1.165) is 38.5 Å². The molecule has 0 aliphatic carbocycles. The van der Waals surface area contributed by atoms with Crippen LogP contribution in [0.3, 0.4) is 0 Å². The summed E-state index contributed by atoms with van der Waals surface area (Å²) < 4.78 is 23.7. The van der Waals surface area contributed by atoms with Gasteiger partial charge in [-0.3, -0.25) is 13.8 Å². The van der Waals surface area contributed by atoms with Gasteiger partial charge in [0.15, 0.2) is 0 Å². The number of allylic oxidation sites excluding steroid dienone is 5. The van der Waals surface area contributed by atoms with Crippen LogP contribution in [0.25, 0.3) is 0 Å². The third-order valence-electron chi connectivity index (χ3n) is 13.3. The Morgan fingerprint density at radius 1 is 0.485 bits per heavy atom. The SMILES string of the molecule is CCCCCCCCCCCC/C=C\CCCCCCCCCC(=O)NC(COP(=O)(O)OCC[N+](C)(C)C)C(O)/C=C/CC/C=C/CCCCCCCCCCCCCCCCCCCCC. The molecule has 0 aromatic rings. The average Bonchev–Trinajstić information content (AvgIpc) is 3.30. The zero-order valence-corrected chi connectivity index (χ0v) is 46.8. The van der Waals surface area contributed by atoms with Gasteiger partial charge in [-0.2, -0.15) is 0 Å². The van der Waals surface area contributed by atoms with Gasteiger partial charge in [-0.05, 0) is 57.8 Å². The number of unbranched alkanes of at least 4 members (excludes halogenated alkanes) is 37. The van der Waals surface area contributed by atoms with E-state index in [2.05, 4.69) is 43.5 Å². The van der Waals surface area contributed by atoms with E-state index in [-0.39, 0.29) is 19.1 Å². The van der Waals surface area contributed by atoms with Crippen LogP contribution >= 0.6 is 7.82 Å². The first-order valence-electron chi connectivity index (χ1n) is 29.4. The molecule has 0 saturated carbocycles. The summed E-state index contributed by atoms with van der Waals surface area (Å²) in [5.41, 5.74) is 0. The van der Waals surface area contributed by atoms with Crippen LogP contribution in [0.5, 0.6) is 0 Å². The van der Waals surface area contributed by atoms with E-state index >= 15 is 0 Å². The lowest BCUT2D eigenvalue weighted by Gasteiger charge is -2.25. The highest BCUT2D eigenvalue weighted by Crippen LogP contribution is 2.43. The predicted octanol–water partition coefficient (Wildman–Crippen LogP) is 17.8. The van der Waals surface area contributed by atoms with Crippen LogP contribution in [0.15, 0.2) is 36.5 Å². The number of hydrogen-bond acceptors (Lipinski definition) is 5. The van der Waals surface area contributed by atoms with Crippen molar-refractivity contribution in [2.75, 3.05) is 40.9 Å². The summed E-state index contributed by atoms with van der Waals surface area (Å²) >= 11 is 0. The van der Waals surface area contributed by atoms with Crippen molar-refractivity contribution in [1.29, 1.82) is 0 Å². The van der Waals surface area contributed by atoms with Gasteiger partial charge < -0.3 is 19.8 Å². The number of rotatable bonds is 54. The number of carbonyl (C=O) groups excluding carboxylic acids is 1. The fourth-order valence-corrected chi connectivity index (χ4v) is 9.44. The van der Waals surface area contributed by atoms with Gasteiger partial charge in [0.2, 0.25) is 5.91 Å². The molecule has 402 valence electrons. The Bertz CT molecular complexity index is 1200. The van der Waals surface area contributed by atoms with E-state index in [1.54, 1.807) is 6.08 Å². The lowest BCUT2D eigenvalue weighted by atomic mass is 10.0. The largest absolute Gasteiger partial charge is 0.472 e. The van der Waals surface area contributed by atoms with Crippen LogP contribution in [0.2, 0.25) is 0 Å². The zero-order chi connectivity index (χ0) is 49.9. The molecular formula is C59H116N2O6P+.